The molecule has 1 heterocycles. The molecule has 8 heteroatoms. The summed E-state index contributed by atoms with van der Waals surface area (Å²) < 4.78 is 29.9. The van der Waals surface area contributed by atoms with Gasteiger partial charge >= 0.3 is 6.61 Å². The van der Waals surface area contributed by atoms with Crippen molar-refractivity contribution in [2.24, 2.45) is 0 Å². The number of halogens is 2. The van der Waals surface area contributed by atoms with E-state index in [-0.39, 0.29) is 11.7 Å². The smallest absolute Gasteiger partial charge is 0.387 e. The van der Waals surface area contributed by atoms with Gasteiger partial charge in [-0.15, -0.1) is 5.10 Å². The van der Waals surface area contributed by atoms with Crippen LogP contribution in [0.15, 0.2) is 24.3 Å². The van der Waals surface area contributed by atoms with E-state index in [1.165, 1.54) is 16.7 Å². The average Bonchev–Trinajstić information content (AvgIpc) is 2.59. The van der Waals surface area contributed by atoms with Gasteiger partial charge in [0.15, 0.2) is 0 Å². The highest BCUT2D eigenvalue weighted by molar-refractivity contribution is 7.71. The number of hydrogen-bond acceptors (Lipinski definition) is 4. The van der Waals surface area contributed by atoms with E-state index < -0.39 is 6.61 Å². The third-order valence-electron chi connectivity index (χ3n) is 2.02. The van der Waals surface area contributed by atoms with Gasteiger partial charge in [-0.05, 0) is 36.5 Å². The van der Waals surface area contributed by atoms with Crippen molar-refractivity contribution in [3.8, 4) is 11.4 Å². The van der Waals surface area contributed by atoms with Gasteiger partial charge in [0.05, 0.1) is 5.69 Å². The summed E-state index contributed by atoms with van der Waals surface area (Å²) in [6.45, 7) is -2.85. The number of rotatable bonds is 3. The Hall–Kier alpha value is -1.96. The molecule has 1 aromatic carbocycles. The van der Waals surface area contributed by atoms with E-state index in [1.54, 1.807) is 12.1 Å². The van der Waals surface area contributed by atoms with E-state index in [0.717, 1.165) is 0 Å². The molecule has 0 radical (unpaired) electrons. The largest absolute Gasteiger partial charge is 0.435 e. The fourth-order valence-electron chi connectivity index (χ4n) is 1.34. The molecule has 0 saturated heterocycles. The number of benzene rings is 1. The number of nitrogen functional groups attached to an aromatic ring is 1. The summed E-state index contributed by atoms with van der Waals surface area (Å²) in [5.41, 5.74) is 6.21. The summed E-state index contributed by atoms with van der Waals surface area (Å²) in [4.78, 5) is 0. The lowest BCUT2D eigenvalue weighted by molar-refractivity contribution is -0.0498. The molecule has 1 aromatic heterocycles. The highest BCUT2D eigenvalue weighted by Crippen LogP contribution is 2.18. The number of alkyl halides is 2. The molecular weight excluding hydrogens is 250 g/mol. The number of nitrogens with two attached hydrogens (primary N) is 1. The maximum Gasteiger partial charge on any atom is 0.387 e. The first-order valence-electron chi connectivity index (χ1n) is 4.56. The third-order valence-corrected chi connectivity index (χ3v) is 2.29. The van der Waals surface area contributed by atoms with Crippen LogP contribution in [0.25, 0.3) is 5.69 Å². The van der Waals surface area contributed by atoms with Crippen LogP contribution in [0.3, 0.4) is 0 Å². The summed E-state index contributed by atoms with van der Waals surface area (Å²) >= 11 is 4.97. The van der Waals surface area contributed by atoms with Crippen LogP contribution in [-0.2, 0) is 0 Å². The molecular formula is C9H8F2N4OS. The van der Waals surface area contributed by atoms with E-state index in [1.807, 2.05) is 0 Å². The van der Waals surface area contributed by atoms with E-state index in [0.29, 0.717) is 10.5 Å². The van der Waals surface area contributed by atoms with Crippen LogP contribution in [0.2, 0.25) is 0 Å². The lowest BCUT2D eigenvalue weighted by Crippen LogP contribution is -2.03. The van der Waals surface area contributed by atoms with Crippen LogP contribution in [0.1, 0.15) is 0 Å². The van der Waals surface area contributed by atoms with Crippen LogP contribution < -0.4 is 10.5 Å². The number of anilines is 1. The first-order chi connectivity index (χ1) is 8.08. The maximum absolute atomic E-state index is 11.9. The number of ether oxygens (including phenoxy) is 1. The summed E-state index contributed by atoms with van der Waals surface area (Å²) in [7, 11) is 0. The van der Waals surface area contributed by atoms with Crippen molar-refractivity contribution in [1.29, 1.82) is 0 Å². The van der Waals surface area contributed by atoms with Crippen molar-refractivity contribution in [3.05, 3.63) is 29.0 Å². The van der Waals surface area contributed by atoms with E-state index in [4.69, 9.17) is 18.0 Å². The minimum atomic E-state index is -2.85. The van der Waals surface area contributed by atoms with E-state index in [2.05, 4.69) is 14.9 Å². The Kier molecular flexibility index (Phi) is 3.05. The average molecular weight is 258 g/mol. The molecule has 0 bridgehead atoms. The molecule has 0 aliphatic rings. The van der Waals surface area contributed by atoms with Crippen molar-refractivity contribution in [3.63, 3.8) is 0 Å². The number of H-pyrrole nitrogens is 1. The summed E-state index contributed by atoms with van der Waals surface area (Å²) in [6.07, 6.45) is 0. The van der Waals surface area contributed by atoms with Gasteiger partial charge in [-0.3, -0.25) is 4.57 Å². The molecule has 0 atom stereocenters. The van der Waals surface area contributed by atoms with Crippen LogP contribution in [0, 0.1) is 4.77 Å². The highest BCUT2D eigenvalue weighted by atomic mass is 32.1. The Bertz CT molecular complexity index is 563. The molecule has 0 spiro atoms. The molecule has 0 fully saturated rings. The quantitative estimate of drug-likeness (QED) is 0.827. The molecule has 0 aliphatic heterocycles. The second-order valence-electron chi connectivity index (χ2n) is 3.09. The molecule has 2 rings (SSSR count). The predicted molar refractivity (Wildman–Crippen MR) is 59.8 cm³/mol. The number of hydrogen-bond donors (Lipinski definition) is 2. The molecule has 0 aliphatic carbocycles. The Balaban J connectivity index is 2.33. The number of nitrogens with one attached hydrogen (secondary N) is 1. The number of aromatic amines is 1. The van der Waals surface area contributed by atoms with Crippen LogP contribution >= 0.6 is 12.2 Å². The van der Waals surface area contributed by atoms with Crippen molar-refractivity contribution in [2.75, 3.05) is 5.73 Å². The predicted octanol–water partition coefficient (Wildman–Crippen LogP) is 2.11. The van der Waals surface area contributed by atoms with Gasteiger partial charge in [0.25, 0.3) is 0 Å². The van der Waals surface area contributed by atoms with E-state index in [9.17, 15) is 8.78 Å². The Morgan fingerprint density at radius 1 is 1.35 bits per heavy atom. The Morgan fingerprint density at radius 3 is 2.47 bits per heavy atom. The minimum Gasteiger partial charge on any atom is -0.435 e. The minimum absolute atomic E-state index is 0.0670. The highest BCUT2D eigenvalue weighted by Gasteiger charge is 2.07. The van der Waals surface area contributed by atoms with Gasteiger partial charge < -0.3 is 10.5 Å². The van der Waals surface area contributed by atoms with Gasteiger partial charge in [-0.1, -0.05) is 0 Å². The first-order valence-corrected chi connectivity index (χ1v) is 4.97. The fraction of sp³-hybridized carbons (Fsp3) is 0.111. The zero-order valence-electron chi connectivity index (χ0n) is 8.43. The fourth-order valence-corrected chi connectivity index (χ4v) is 1.58. The van der Waals surface area contributed by atoms with Gasteiger partial charge in [0, 0.05) is 0 Å². The lowest BCUT2D eigenvalue weighted by Gasteiger charge is -2.06. The number of aromatic nitrogens is 3. The Morgan fingerprint density at radius 2 is 2.00 bits per heavy atom. The monoisotopic (exact) mass is 258 g/mol. The van der Waals surface area contributed by atoms with Gasteiger partial charge in [-0.2, -0.15) is 8.78 Å². The van der Waals surface area contributed by atoms with Crippen molar-refractivity contribution >= 4 is 18.2 Å². The normalized spacial score (nSPS) is 10.8. The van der Waals surface area contributed by atoms with Gasteiger partial charge in [0.2, 0.25) is 10.7 Å². The van der Waals surface area contributed by atoms with Crippen molar-refractivity contribution in [1.82, 2.24) is 14.8 Å². The zero-order valence-corrected chi connectivity index (χ0v) is 9.25. The molecule has 5 nitrogen and oxygen atoms in total. The summed E-state index contributed by atoms with van der Waals surface area (Å²) in [6, 6.07) is 5.91. The lowest BCUT2D eigenvalue weighted by atomic mass is 10.3. The van der Waals surface area contributed by atoms with Crippen LogP contribution in [0.4, 0.5) is 14.7 Å². The summed E-state index contributed by atoms with van der Waals surface area (Å²) in [5, 5.41) is 6.26. The molecule has 3 N–H and O–H groups in total. The molecule has 2 aromatic rings. The van der Waals surface area contributed by atoms with Gasteiger partial charge in [-0.25, -0.2) is 5.10 Å². The molecule has 17 heavy (non-hydrogen) atoms. The molecule has 0 unspecified atom stereocenters. The second kappa shape index (κ2) is 4.50. The third kappa shape index (κ3) is 2.41. The first kappa shape index (κ1) is 11.5. The molecule has 90 valence electrons. The SMILES string of the molecule is Nc1n[nH]c(=S)n1-c1ccc(OC(F)F)cc1. The second-order valence-corrected chi connectivity index (χ2v) is 3.48. The van der Waals surface area contributed by atoms with E-state index >= 15 is 0 Å². The molecule has 0 saturated carbocycles. The standard InChI is InChI=1S/C9H8F2N4OS/c10-7(11)16-6-3-1-5(2-4-6)15-8(12)13-14-9(15)17/h1-4,7H,(H2,12,13)(H,14,17). The van der Waals surface area contributed by atoms with Gasteiger partial charge in [0.1, 0.15) is 5.75 Å². The van der Waals surface area contributed by atoms with Crippen LogP contribution in [0.5, 0.6) is 5.75 Å². The zero-order chi connectivity index (χ0) is 12.4. The topological polar surface area (TPSA) is 68.9 Å². The van der Waals surface area contributed by atoms with Crippen molar-refractivity contribution < 1.29 is 13.5 Å². The Labute approximate surface area is 99.8 Å². The van der Waals surface area contributed by atoms with Crippen molar-refractivity contribution in [2.45, 2.75) is 6.61 Å². The van der Waals surface area contributed by atoms with Crippen LogP contribution in [-0.4, -0.2) is 21.4 Å². The summed E-state index contributed by atoms with van der Waals surface area (Å²) in [5.74, 6) is 0.259. The maximum atomic E-state index is 11.9. The number of nitrogens with zero attached hydrogens (tertiary/aromatic N) is 2. The molecule has 0 amide bonds.